The highest BCUT2D eigenvalue weighted by atomic mass is 32.2. The molecule has 3 aromatic carbocycles. The van der Waals surface area contributed by atoms with E-state index in [9.17, 15) is 51.9 Å². The van der Waals surface area contributed by atoms with Crippen LogP contribution in [0.2, 0.25) is 0 Å². The van der Waals surface area contributed by atoms with E-state index in [1.807, 2.05) is 0 Å². The Morgan fingerprint density at radius 3 is 1.02 bits per heavy atom. The molecule has 0 spiro atoms. The van der Waals surface area contributed by atoms with Gasteiger partial charge in [-0.05, 0) is 24.3 Å². The number of aromatic nitrogens is 4. The standard InChI is InChI=1S/C20H14N4O12S4/c25-37(26,27)15-5-11-12(6-16(15)38(28,29)30)22-19(21-11)9-1-2-10(4-3-9)20-23-13-7-17(39(31,32)33)18(40(34,35)36)8-14(13)24-20/h1-8H,(H,21,22)(H,23,24)(H,25,26,27)(H,28,29,30)(H,31,32,33)(H,34,35,36). The van der Waals surface area contributed by atoms with Crippen LogP contribution in [-0.2, 0) is 40.5 Å². The summed E-state index contributed by atoms with van der Waals surface area (Å²) < 4.78 is 131. The number of hydrogen-bond acceptors (Lipinski definition) is 10. The highest BCUT2D eigenvalue weighted by molar-refractivity contribution is 7.89. The molecule has 2 aromatic heterocycles. The second kappa shape index (κ2) is 8.87. The van der Waals surface area contributed by atoms with E-state index < -0.39 is 60.1 Å². The summed E-state index contributed by atoms with van der Waals surface area (Å²) in [7, 11) is -20.1. The van der Waals surface area contributed by atoms with E-state index >= 15 is 0 Å². The van der Waals surface area contributed by atoms with Crippen molar-refractivity contribution in [2.75, 3.05) is 0 Å². The van der Waals surface area contributed by atoms with Gasteiger partial charge in [0, 0.05) is 11.1 Å². The predicted molar refractivity (Wildman–Crippen MR) is 136 cm³/mol. The minimum atomic E-state index is -5.03. The first-order valence-electron chi connectivity index (χ1n) is 10.4. The maximum absolute atomic E-state index is 11.6. The van der Waals surface area contributed by atoms with E-state index in [2.05, 4.69) is 19.9 Å². The Bertz CT molecular complexity index is 2000. The van der Waals surface area contributed by atoms with Gasteiger partial charge < -0.3 is 9.97 Å². The molecule has 0 amide bonds. The number of imidazole rings is 2. The first kappa shape index (κ1) is 27.8. The van der Waals surface area contributed by atoms with Gasteiger partial charge >= 0.3 is 0 Å². The normalized spacial score (nSPS) is 13.3. The second-order valence-electron chi connectivity index (χ2n) is 8.28. The number of rotatable bonds is 6. The Morgan fingerprint density at radius 1 is 0.475 bits per heavy atom. The number of H-pyrrole nitrogens is 2. The smallest absolute Gasteiger partial charge is 0.295 e. The summed E-state index contributed by atoms with van der Waals surface area (Å²) in [5.41, 5.74) is 0.808. The Balaban J connectivity index is 1.57. The van der Waals surface area contributed by atoms with Crippen LogP contribution < -0.4 is 0 Å². The summed E-state index contributed by atoms with van der Waals surface area (Å²) in [6.07, 6.45) is 0. The number of hydrogen-bond donors (Lipinski definition) is 6. The monoisotopic (exact) mass is 630 g/mol. The van der Waals surface area contributed by atoms with Crippen LogP contribution in [0.5, 0.6) is 0 Å². The molecule has 0 atom stereocenters. The van der Waals surface area contributed by atoms with Crippen LogP contribution in [0.4, 0.5) is 0 Å². The van der Waals surface area contributed by atoms with Crippen molar-refractivity contribution >= 4 is 62.5 Å². The van der Waals surface area contributed by atoms with Gasteiger partial charge in [-0.15, -0.1) is 0 Å². The molecule has 20 heteroatoms. The zero-order chi connectivity index (χ0) is 29.4. The first-order valence-corrected chi connectivity index (χ1v) is 16.2. The van der Waals surface area contributed by atoms with E-state index in [-0.39, 0.29) is 33.7 Å². The zero-order valence-electron chi connectivity index (χ0n) is 19.2. The van der Waals surface area contributed by atoms with E-state index in [0.717, 1.165) is 24.3 Å². The van der Waals surface area contributed by atoms with Crippen molar-refractivity contribution in [3.63, 3.8) is 0 Å². The molecule has 2 heterocycles. The molecule has 5 rings (SSSR count). The van der Waals surface area contributed by atoms with Gasteiger partial charge in [-0.1, -0.05) is 24.3 Å². The van der Waals surface area contributed by atoms with Crippen LogP contribution in [0.25, 0.3) is 44.8 Å². The van der Waals surface area contributed by atoms with Gasteiger partial charge in [-0.2, -0.15) is 33.7 Å². The summed E-state index contributed by atoms with van der Waals surface area (Å²) in [5, 5.41) is 0. The fourth-order valence-electron chi connectivity index (χ4n) is 3.90. The molecule has 0 radical (unpaired) electrons. The largest absolute Gasteiger partial charge is 0.338 e. The minimum absolute atomic E-state index is 0.0284. The number of nitrogens with one attached hydrogen (secondary N) is 2. The third kappa shape index (κ3) is 5.09. The van der Waals surface area contributed by atoms with Crippen LogP contribution in [0.1, 0.15) is 0 Å². The van der Waals surface area contributed by atoms with Gasteiger partial charge in [0.1, 0.15) is 31.2 Å². The van der Waals surface area contributed by atoms with Gasteiger partial charge in [0.15, 0.2) is 0 Å². The lowest BCUT2D eigenvalue weighted by molar-refractivity contribution is 0.467. The van der Waals surface area contributed by atoms with Gasteiger partial charge in [0.2, 0.25) is 0 Å². The summed E-state index contributed by atoms with van der Waals surface area (Å²) >= 11 is 0. The summed E-state index contributed by atoms with van der Waals surface area (Å²) in [6, 6.07) is 9.27. The molecule has 0 saturated heterocycles. The van der Waals surface area contributed by atoms with Crippen LogP contribution in [0.3, 0.4) is 0 Å². The van der Waals surface area contributed by atoms with E-state index in [0.29, 0.717) is 11.1 Å². The zero-order valence-corrected chi connectivity index (χ0v) is 22.5. The molecule has 6 N–H and O–H groups in total. The van der Waals surface area contributed by atoms with Crippen LogP contribution in [0, 0.1) is 0 Å². The third-order valence-corrected chi connectivity index (χ3v) is 9.47. The maximum Gasteiger partial charge on any atom is 0.295 e. The van der Waals surface area contributed by atoms with Crippen molar-refractivity contribution in [1.82, 2.24) is 19.9 Å². The molecule has 40 heavy (non-hydrogen) atoms. The third-order valence-electron chi connectivity index (χ3n) is 5.64. The average molecular weight is 631 g/mol. The molecule has 0 aliphatic carbocycles. The first-order chi connectivity index (χ1) is 18.3. The Morgan fingerprint density at radius 2 is 0.750 bits per heavy atom. The van der Waals surface area contributed by atoms with Gasteiger partial charge in [-0.25, -0.2) is 9.97 Å². The lowest BCUT2D eigenvalue weighted by Gasteiger charge is -2.03. The van der Waals surface area contributed by atoms with Crippen molar-refractivity contribution in [1.29, 1.82) is 0 Å². The minimum Gasteiger partial charge on any atom is -0.338 e. The Kier molecular flexibility index (Phi) is 6.16. The lowest BCUT2D eigenvalue weighted by Crippen LogP contribution is -2.08. The fourth-order valence-corrected chi connectivity index (χ4v) is 7.47. The molecule has 0 aliphatic heterocycles. The molecule has 0 fully saturated rings. The number of benzene rings is 3. The van der Waals surface area contributed by atoms with Crippen molar-refractivity contribution in [2.45, 2.75) is 19.6 Å². The highest BCUT2D eigenvalue weighted by Gasteiger charge is 2.27. The number of aromatic amines is 2. The van der Waals surface area contributed by atoms with Gasteiger partial charge in [0.25, 0.3) is 40.5 Å². The van der Waals surface area contributed by atoms with Crippen LogP contribution >= 0.6 is 0 Å². The van der Waals surface area contributed by atoms with Gasteiger partial charge in [-0.3, -0.25) is 18.2 Å². The molecular formula is C20H14N4O12S4. The SMILES string of the molecule is O=S(=O)(O)c1cc2nc(-c3ccc(-c4nc5cc(S(=O)(=O)O)c(S(=O)(=O)O)cc5[nH]4)cc3)[nH]c2cc1S(=O)(=O)O. The Hall–Kier alpha value is -3.76. The predicted octanol–water partition coefficient (Wildman–Crippen LogP) is 1.76. The molecule has 0 bridgehead atoms. The van der Waals surface area contributed by atoms with Crippen molar-refractivity contribution in [3.8, 4) is 22.8 Å². The molecule has 0 aliphatic rings. The maximum atomic E-state index is 11.6. The van der Waals surface area contributed by atoms with Gasteiger partial charge in [0.05, 0.1) is 22.1 Å². The number of nitrogens with zero attached hydrogens (tertiary/aromatic N) is 2. The molecule has 5 aromatic rings. The van der Waals surface area contributed by atoms with Crippen molar-refractivity contribution in [2.24, 2.45) is 0 Å². The molecule has 0 unspecified atom stereocenters. The number of fused-ring (bicyclic) bond motifs is 2. The summed E-state index contributed by atoms with van der Waals surface area (Å²) in [6.45, 7) is 0. The Labute approximate surface area is 224 Å². The quantitative estimate of drug-likeness (QED) is 0.146. The topological polar surface area (TPSA) is 275 Å². The summed E-state index contributed by atoms with van der Waals surface area (Å²) in [5.74, 6) is 0.297. The molecule has 0 saturated carbocycles. The van der Waals surface area contributed by atoms with Crippen LogP contribution in [-0.4, -0.2) is 71.8 Å². The molecule has 16 nitrogen and oxygen atoms in total. The fraction of sp³-hybridized carbons (Fsp3) is 0. The van der Waals surface area contributed by atoms with Crippen molar-refractivity contribution < 1.29 is 51.9 Å². The molecule has 210 valence electrons. The lowest BCUT2D eigenvalue weighted by atomic mass is 10.1. The highest BCUT2D eigenvalue weighted by Crippen LogP contribution is 2.31. The average Bonchev–Trinajstić information content (AvgIpc) is 3.44. The second-order valence-corrected chi connectivity index (χ2v) is 13.8. The van der Waals surface area contributed by atoms with Crippen molar-refractivity contribution in [3.05, 3.63) is 48.5 Å². The summed E-state index contributed by atoms with van der Waals surface area (Å²) in [4.78, 5) is 9.72. The van der Waals surface area contributed by atoms with E-state index in [4.69, 9.17) is 0 Å². The van der Waals surface area contributed by atoms with E-state index in [1.54, 1.807) is 0 Å². The van der Waals surface area contributed by atoms with E-state index in [1.165, 1.54) is 24.3 Å². The molecular weight excluding hydrogens is 617 g/mol. The van der Waals surface area contributed by atoms with Crippen LogP contribution in [0.15, 0.2) is 68.1 Å².